The van der Waals surface area contributed by atoms with Crippen molar-refractivity contribution in [3.8, 4) is 0 Å². The second-order valence-electron chi connectivity index (χ2n) is 14.6. The van der Waals surface area contributed by atoms with E-state index in [9.17, 15) is 13.0 Å². The van der Waals surface area contributed by atoms with Crippen LogP contribution in [0.2, 0.25) is 0 Å². The molecule has 0 fully saturated rings. The Morgan fingerprint density at radius 3 is 1.67 bits per heavy atom. The zero-order chi connectivity index (χ0) is 46.7. The molecule has 0 radical (unpaired) electrons. The monoisotopic (exact) mass is 937 g/mol. The second kappa shape index (κ2) is 24.8. The van der Waals surface area contributed by atoms with Crippen molar-refractivity contribution in [1.29, 1.82) is 0 Å². The summed E-state index contributed by atoms with van der Waals surface area (Å²) < 4.78 is 40.9. The van der Waals surface area contributed by atoms with Gasteiger partial charge in [-0.1, -0.05) is 106 Å². The SMILES string of the molecule is CCN(CC)CCNc1nc(Cc2ccccc2)nc(Nc2ccc(C=Cc3ccc(Nc4nc(NCCN(CC)CC)nc(Nc5ccccc5)n4)cc3S(=O)(=O)O)c(SOOO)c2)n1. The summed E-state index contributed by atoms with van der Waals surface area (Å²) in [7, 11) is -4.73. The molecule has 0 unspecified atom stereocenters. The van der Waals surface area contributed by atoms with Gasteiger partial charge in [-0.25, -0.2) is 5.26 Å². The number of benzene rings is 4. The lowest BCUT2D eigenvalue weighted by atomic mass is 10.1. The molecule has 66 heavy (non-hydrogen) atoms. The molecule has 0 bridgehead atoms. The Morgan fingerprint density at radius 1 is 0.606 bits per heavy atom. The van der Waals surface area contributed by atoms with Gasteiger partial charge in [-0.3, -0.25) is 4.55 Å². The Hall–Kier alpha value is -6.30. The first kappa shape index (κ1) is 49.1. The lowest BCUT2D eigenvalue weighted by molar-refractivity contribution is -0.432. The number of nitrogens with zero attached hydrogens (tertiary/aromatic N) is 8. The predicted octanol–water partition coefficient (Wildman–Crippen LogP) is 8.23. The van der Waals surface area contributed by atoms with E-state index in [-0.39, 0.29) is 22.4 Å². The molecule has 2 heterocycles. The van der Waals surface area contributed by atoms with Crippen LogP contribution in [0.5, 0.6) is 0 Å². The summed E-state index contributed by atoms with van der Waals surface area (Å²) >= 11 is 0.714. The molecule has 21 heteroatoms. The topological polar surface area (TPSA) is 237 Å². The fraction of sp³-hybridized carbons (Fsp3) is 0.289. The van der Waals surface area contributed by atoms with Gasteiger partial charge in [-0.15, -0.1) is 4.33 Å². The van der Waals surface area contributed by atoms with Gasteiger partial charge < -0.3 is 36.4 Å². The number of hydrogen-bond acceptors (Lipinski definition) is 19. The standard InChI is InChI=1S/C45H55N13O6S2/c1-5-57(6-2)27-25-46-41-51-40(29-32-15-11-9-12-16-32)52-43(53-41)49-36-23-21-33(38(30-36)65-64-63-59)19-20-34-22-24-37(31-39(34)66(60,61)62)50-45-55-42(47-26-28-58(7-3)8-4)54-44(56-45)48-35-17-13-10-14-18-35/h9-24,30-31,59H,5-8,25-29H2,1-4H3,(H,60,61,62)(H2,46,49,51,52,53)(H3,47,48,50,54,55,56). The fourth-order valence-corrected chi connectivity index (χ4v) is 7.87. The highest BCUT2D eigenvalue weighted by atomic mass is 32.2. The molecule has 19 nitrogen and oxygen atoms in total. The molecule has 0 atom stereocenters. The molecule has 6 rings (SSSR count). The third-order valence-corrected chi connectivity index (χ3v) is 11.7. The Kier molecular flexibility index (Phi) is 18.5. The van der Waals surface area contributed by atoms with E-state index in [2.05, 4.69) is 94.0 Å². The third kappa shape index (κ3) is 15.1. The van der Waals surface area contributed by atoms with Crippen molar-refractivity contribution in [2.45, 2.75) is 43.9 Å². The van der Waals surface area contributed by atoms with E-state index in [1.54, 1.807) is 30.3 Å². The lowest BCUT2D eigenvalue weighted by Gasteiger charge is -2.18. The van der Waals surface area contributed by atoms with Crippen molar-refractivity contribution in [3.05, 3.63) is 120 Å². The van der Waals surface area contributed by atoms with Crippen LogP contribution in [0, 0.1) is 0 Å². The van der Waals surface area contributed by atoms with Gasteiger partial charge in [0.05, 0.1) is 12.0 Å². The highest BCUT2D eigenvalue weighted by Gasteiger charge is 2.17. The van der Waals surface area contributed by atoms with Crippen LogP contribution < -0.4 is 26.6 Å². The number of aromatic nitrogens is 6. The molecule has 0 amide bonds. The summed E-state index contributed by atoms with van der Waals surface area (Å²) in [4.78, 5) is 32.3. The summed E-state index contributed by atoms with van der Waals surface area (Å²) in [5.41, 5.74) is 3.39. The van der Waals surface area contributed by atoms with Crippen LogP contribution in [-0.2, 0) is 25.9 Å². The van der Waals surface area contributed by atoms with Crippen molar-refractivity contribution in [2.24, 2.45) is 0 Å². The highest BCUT2D eigenvalue weighted by Crippen LogP contribution is 2.31. The van der Waals surface area contributed by atoms with E-state index < -0.39 is 10.1 Å². The van der Waals surface area contributed by atoms with E-state index in [0.717, 1.165) is 50.5 Å². The maximum Gasteiger partial charge on any atom is 0.295 e. The van der Waals surface area contributed by atoms with Crippen LogP contribution in [-0.4, -0.2) is 110 Å². The minimum Gasteiger partial charge on any atom is -0.353 e. The number of rotatable bonds is 26. The summed E-state index contributed by atoms with van der Waals surface area (Å²) in [5.74, 6) is 1.99. The van der Waals surface area contributed by atoms with E-state index in [1.165, 1.54) is 18.2 Å². The Balaban J connectivity index is 1.24. The number of nitrogens with one attached hydrogen (secondary N) is 5. The van der Waals surface area contributed by atoms with Crippen molar-refractivity contribution in [1.82, 2.24) is 39.7 Å². The molecular weight excluding hydrogens is 883 g/mol. The summed E-state index contributed by atoms with van der Waals surface area (Å²) in [5, 5.41) is 29.0. The van der Waals surface area contributed by atoms with Crippen LogP contribution in [0.1, 0.15) is 50.2 Å². The van der Waals surface area contributed by atoms with Gasteiger partial charge in [0.15, 0.2) is 0 Å². The van der Waals surface area contributed by atoms with Gasteiger partial charge in [0.2, 0.25) is 29.7 Å². The molecule has 348 valence electrons. The van der Waals surface area contributed by atoms with Crippen molar-refractivity contribution in [2.75, 3.05) is 78.9 Å². The smallest absolute Gasteiger partial charge is 0.295 e. The Morgan fingerprint density at radius 2 is 1.09 bits per heavy atom. The van der Waals surface area contributed by atoms with Crippen molar-refractivity contribution in [3.63, 3.8) is 0 Å². The van der Waals surface area contributed by atoms with Gasteiger partial charge in [-0.2, -0.15) is 38.3 Å². The zero-order valence-electron chi connectivity index (χ0n) is 37.2. The van der Waals surface area contributed by atoms with Crippen LogP contribution in [0.4, 0.5) is 46.8 Å². The Labute approximate surface area is 389 Å². The molecule has 0 aliphatic heterocycles. The largest absolute Gasteiger partial charge is 0.353 e. The number of likely N-dealkylation sites (N-methyl/N-ethyl adjacent to an activating group) is 2. The maximum atomic E-state index is 12.8. The van der Waals surface area contributed by atoms with E-state index in [1.807, 2.05) is 60.7 Å². The summed E-state index contributed by atoms with van der Waals surface area (Å²) in [6, 6.07) is 29.0. The maximum absolute atomic E-state index is 12.8. The normalized spacial score (nSPS) is 11.6. The van der Waals surface area contributed by atoms with Crippen molar-refractivity contribution < 1.29 is 27.6 Å². The van der Waals surface area contributed by atoms with E-state index >= 15 is 0 Å². The fourth-order valence-electron chi connectivity index (χ4n) is 6.65. The average Bonchev–Trinajstić information content (AvgIpc) is 3.31. The van der Waals surface area contributed by atoms with Crippen LogP contribution in [0.3, 0.4) is 0 Å². The number of para-hydroxylation sites is 1. The van der Waals surface area contributed by atoms with E-state index in [4.69, 9.17) is 14.6 Å². The quantitative estimate of drug-likeness (QED) is 0.00891. The average molecular weight is 938 g/mol. The number of hydrogen-bond donors (Lipinski definition) is 7. The molecular formula is C45H55N13O6S2. The van der Waals surface area contributed by atoms with Crippen LogP contribution in [0.15, 0.2) is 107 Å². The molecule has 0 spiro atoms. The molecule has 2 aromatic heterocycles. The first-order chi connectivity index (χ1) is 32.0. The van der Waals surface area contributed by atoms with Crippen LogP contribution in [0.25, 0.3) is 12.2 Å². The zero-order valence-corrected chi connectivity index (χ0v) is 38.8. The predicted molar refractivity (Wildman–Crippen MR) is 260 cm³/mol. The highest BCUT2D eigenvalue weighted by molar-refractivity contribution is 7.94. The van der Waals surface area contributed by atoms with Crippen molar-refractivity contribution >= 4 is 81.1 Å². The second-order valence-corrected chi connectivity index (χ2v) is 16.7. The van der Waals surface area contributed by atoms with Gasteiger partial charge in [0, 0.05) is 54.6 Å². The first-order valence-electron chi connectivity index (χ1n) is 21.5. The molecule has 0 aliphatic carbocycles. The molecule has 0 saturated heterocycles. The minimum atomic E-state index is -4.73. The molecule has 7 N–H and O–H groups in total. The number of anilines is 8. The molecule has 0 saturated carbocycles. The van der Waals surface area contributed by atoms with Gasteiger partial charge in [0.25, 0.3) is 10.1 Å². The third-order valence-electron chi connectivity index (χ3n) is 10.2. The molecule has 4 aromatic carbocycles. The molecule has 6 aromatic rings. The van der Waals surface area contributed by atoms with E-state index in [0.29, 0.717) is 77.1 Å². The lowest BCUT2D eigenvalue weighted by Crippen LogP contribution is -2.29. The minimum absolute atomic E-state index is 0.132. The summed E-state index contributed by atoms with van der Waals surface area (Å²) in [6.45, 7) is 14.9. The Bertz CT molecular complexity index is 2610. The summed E-state index contributed by atoms with van der Waals surface area (Å²) in [6.07, 6.45) is 3.64. The van der Waals surface area contributed by atoms with Gasteiger partial charge >= 0.3 is 0 Å². The first-order valence-corrected chi connectivity index (χ1v) is 23.7. The molecule has 0 aliphatic rings. The van der Waals surface area contributed by atoms with Gasteiger partial charge in [-0.05, 0) is 79.3 Å². The van der Waals surface area contributed by atoms with Gasteiger partial charge in [0.1, 0.15) is 10.7 Å². The van der Waals surface area contributed by atoms with Crippen LogP contribution >= 0.6 is 12.0 Å².